The lowest BCUT2D eigenvalue weighted by atomic mass is 10.0. The van der Waals surface area contributed by atoms with Gasteiger partial charge in [0.2, 0.25) is 0 Å². The first-order valence-electron chi connectivity index (χ1n) is 8.55. The van der Waals surface area contributed by atoms with Crippen molar-refractivity contribution < 1.29 is 13.2 Å². The molecule has 0 radical (unpaired) electrons. The molecule has 1 N–H and O–H groups in total. The lowest BCUT2D eigenvalue weighted by Crippen LogP contribution is -2.27. The second kappa shape index (κ2) is 12.4. The van der Waals surface area contributed by atoms with Gasteiger partial charge in [0, 0.05) is 6.04 Å². The molecule has 1 unspecified atom stereocenters. The maximum atomic E-state index is 12.4. The molecule has 0 heterocycles. The van der Waals surface area contributed by atoms with Crippen LogP contribution in [0, 0.1) is 0 Å². The second-order valence-electron chi connectivity index (χ2n) is 5.90. The van der Waals surface area contributed by atoms with Gasteiger partial charge in [0.05, 0.1) is 5.56 Å². The molecule has 0 aliphatic carbocycles. The third-order valence-corrected chi connectivity index (χ3v) is 3.78. The number of alkyl halides is 3. The molecule has 0 bridgehead atoms. The van der Waals surface area contributed by atoms with Crippen molar-refractivity contribution >= 4 is 24.6 Å². The highest BCUT2D eigenvalue weighted by atomic mass is 35.5. The summed E-state index contributed by atoms with van der Waals surface area (Å²) < 4.78 is 37.3. The third-order valence-electron chi connectivity index (χ3n) is 3.78. The van der Waals surface area contributed by atoms with E-state index in [1.165, 1.54) is 12.1 Å². The predicted molar refractivity (Wildman–Crippen MR) is 112 cm³/mol. The molecule has 148 valence electrons. The van der Waals surface area contributed by atoms with Crippen molar-refractivity contribution in [3.63, 3.8) is 0 Å². The summed E-state index contributed by atoms with van der Waals surface area (Å²) in [6, 6.07) is 13.7. The monoisotopic (exact) mass is 397 g/mol. The molecule has 0 amide bonds. The molecule has 0 saturated heterocycles. The van der Waals surface area contributed by atoms with Crippen molar-refractivity contribution in [2.24, 2.45) is 0 Å². The van der Waals surface area contributed by atoms with Gasteiger partial charge in [0.1, 0.15) is 0 Å². The van der Waals surface area contributed by atoms with Crippen LogP contribution in [0.1, 0.15) is 36.1 Å². The van der Waals surface area contributed by atoms with E-state index >= 15 is 0 Å². The first kappa shape index (κ1) is 25.0. The van der Waals surface area contributed by atoms with Crippen molar-refractivity contribution in [3.8, 4) is 0 Å². The predicted octanol–water partition coefficient (Wildman–Crippen LogP) is 6.64. The topological polar surface area (TPSA) is 12.0 Å². The number of benzene rings is 2. The highest BCUT2D eigenvalue weighted by Gasteiger charge is 2.30. The van der Waals surface area contributed by atoms with Crippen LogP contribution in [0.3, 0.4) is 0 Å². The van der Waals surface area contributed by atoms with E-state index < -0.39 is 11.7 Å². The Hall–Kier alpha value is -2.04. The van der Waals surface area contributed by atoms with Gasteiger partial charge in [-0.05, 0) is 42.6 Å². The normalized spacial score (nSPS) is 11.4. The van der Waals surface area contributed by atoms with Gasteiger partial charge in [0.25, 0.3) is 0 Å². The van der Waals surface area contributed by atoms with Gasteiger partial charge in [-0.15, -0.1) is 12.4 Å². The Balaban J connectivity index is 0.000000531. The van der Waals surface area contributed by atoms with E-state index in [9.17, 15) is 13.2 Å². The van der Waals surface area contributed by atoms with E-state index in [1.807, 2.05) is 50.3 Å². The van der Waals surface area contributed by atoms with E-state index in [0.717, 1.165) is 23.7 Å². The van der Waals surface area contributed by atoms with Crippen molar-refractivity contribution in [3.05, 3.63) is 83.9 Å². The van der Waals surface area contributed by atoms with Crippen LogP contribution < -0.4 is 5.32 Å². The van der Waals surface area contributed by atoms with Crippen LogP contribution in [0.5, 0.6) is 0 Å². The van der Waals surface area contributed by atoms with E-state index in [1.54, 1.807) is 6.07 Å². The molecule has 1 nitrogen and oxygen atoms in total. The molecular weight excluding hydrogens is 371 g/mol. The van der Waals surface area contributed by atoms with Crippen LogP contribution in [0.4, 0.5) is 13.2 Å². The minimum atomic E-state index is -4.25. The fourth-order valence-electron chi connectivity index (χ4n) is 2.53. The van der Waals surface area contributed by atoms with E-state index in [0.29, 0.717) is 12.0 Å². The summed E-state index contributed by atoms with van der Waals surface area (Å²) in [7, 11) is 0. The first-order chi connectivity index (χ1) is 12.3. The minimum Gasteiger partial charge on any atom is -0.314 e. The molecule has 1 atom stereocenters. The molecule has 2 rings (SSSR count). The molecule has 0 aromatic heterocycles. The Morgan fingerprint density at radius 3 is 2.00 bits per heavy atom. The van der Waals surface area contributed by atoms with Crippen LogP contribution >= 0.6 is 12.4 Å². The average Bonchev–Trinajstić information content (AvgIpc) is 2.62. The SMILES string of the molecule is C=Cc1ccccc1C=C.CCNC(C)Cc1cccc(C(F)(F)F)c1.Cl. The molecule has 0 saturated carbocycles. The minimum absolute atomic E-state index is 0. The Kier molecular flexibility index (Phi) is 11.4. The highest BCUT2D eigenvalue weighted by molar-refractivity contribution is 5.85. The van der Waals surface area contributed by atoms with E-state index in [4.69, 9.17) is 0 Å². The number of rotatable bonds is 6. The van der Waals surface area contributed by atoms with Crippen molar-refractivity contribution in [1.82, 2.24) is 5.32 Å². The number of hydrogen-bond acceptors (Lipinski definition) is 1. The van der Waals surface area contributed by atoms with Crippen molar-refractivity contribution in [2.45, 2.75) is 32.5 Å². The van der Waals surface area contributed by atoms with Crippen LogP contribution in [0.15, 0.2) is 61.7 Å². The van der Waals surface area contributed by atoms with E-state index in [2.05, 4.69) is 18.5 Å². The molecule has 5 heteroatoms. The molecule has 2 aromatic carbocycles. The van der Waals surface area contributed by atoms with Crippen LogP contribution in [0.25, 0.3) is 12.2 Å². The molecule has 2 aromatic rings. The van der Waals surface area contributed by atoms with Gasteiger partial charge in [0.15, 0.2) is 0 Å². The van der Waals surface area contributed by atoms with E-state index in [-0.39, 0.29) is 18.4 Å². The summed E-state index contributed by atoms with van der Waals surface area (Å²) >= 11 is 0. The van der Waals surface area contributed by atoms with Crippen LogP contribution in [-0.2, 0) is 12.6 Å². The summed E-state index contributed by atoms with van der Waals surface area (Å²) in [6.07, 6.45) is 0.0171. The number of likely N-dealkylation sites (N-methyl/N-ethyl adjacent to an activating group) is 1. The molecule has 0 aliphatic heterocycles. The molecular formula is C22H27ClF3N. The van der Waals surface area contributed by atoms with Crippen molar-refractivity contribution in [2.75, 3.05) is 6.54 Å². The highest BCUT2D eigenvalue weighted by Crippen LogP contribution is 2.29. The zero-order valence-corrected chi connectivity index (χ0v) is 16.5. The third kappa shape index (κ3) is 8.94. The Labute approximate surface area is 166 Å². The van der Waals surface area contributed by atoms with Crippen LogP contribution in [-0.4, -0.2) is 12.6 Å². The van der Waals surface area contributed by atoms with Gasteiger partial charge >= 0.3 is 6.18 Å². The quantitative estimate of drug-likeness (QED) is 0.576. The first-order valence-corrected chi connectivity index (χ1v) is 8.55. The summed E-state index contributed by atoms with van der Waals surface area (Å²) in [5, 5.41) is 3.17. The summed E-state index contributed by atoms with van der Waals surface area (Å²) in [4.78, 5) is 0. The fraction of sp³-hybridized carbons (Fsp3) is 0.273. The maximum absolute atomic E-state index is 12.4. The standard InChI is InChI=1S/C12H16F3N.C10H10.ClH/c1-3-16-9(2)7-10-5-4-6-11(8-10)12(13,14)15;1-3-9-7-5-6-8-10(9)4-2;/h4-6,8-9,16H,3,7H2,1-2H3;3-8H,1-2H2;1H. The fourth-order valence-corrected chi connectivity index (χ4v) is 2.53. The lowest BCUT2D eigenvalue weighted by molar-refractivity contribution is -0.137. The largest absolute Gasteiger partial charge is 0.416 e. The number of halogens is 4. The Morgan fingerprint density at radius 2 is 1.56 bits per heavy atom. The van der Waals surface area contributed by atoms with Crippen LogP contribution in [0.2, 0.25) is 0 Å². The molecule has 27 heavy (non-hydrogen) atoms. The average molecular weight is 398 g/mol. The summed E-state index contributed by atoms with van der Waals surface area (Å²) in [5.74, 6) is 0. The van der Waals surface area contributed by atoms with Gasteiger partial charge in [-0.2, -0.15) is 13.2 Å². The lowest BCUT2D eigenvalue weighted by Gasteiger charge is -2.13. The Morgan fingerprint density at radius 1 is 1.00 bits per heavy atom. The van der Waals surface area contributed by atoms with Gasteiger partial charge in [-0.1, -0.05) is 74.7 Å². The van der Waals surface area contributed by atoms with Gasteiger partial charge in [-0.25, -0.2) is 0 Å². The molecule has 0 spiro atoms. The second-order valence-corrected chi connectivity index (χ2v) is 5.90. The smallest absolute Gasteiger partial charge is 0.314 e. The maximum Gasteiger partial charge on any atom is 0.416 e. The van der Waals surface area contributed by atoms with Crippen molar-refractivity contribution in [1.29, 1.82) is 0 Å². The molecule has 0 aliphatic rings. The summed E-state index contributed by atoms with van der Waals surface area (Å²) in [6.45, 7) is 12.1. The zero-order chi connectivity index (χ0) is 19.6. The number of nitrogens with one attached hydrogen (secondary N) is 1. The summed E-state index contributed by atoms with van der Waals surface area (Å²) in [5.41, 5.74) is 2.41. The zero-order valence-electron chi connectivity index (χ0n) is 15.7. The van der Waals surface area contributed by atoms with Gasteiger partial charge < -0.3 is 5.32 Å². The Bertz CT molecular complexity index is 684. The number of hydrogen-bond donors (Lipinski definition) is 1. The van der Waals surface area contributed by atoms with Gasteiger partial charge in [-0.3, -0.25) is 0 Å². The molecule has 0 fully saturated rings.